The average Bonchev–Trinajstić information content (AvgIpc) is 2.16. The molecule has 0 bridgehead atoms. The fraction of sp³-hybridized carbons (Fsp3) is 0.222. The van der Waals surface area contributed by atoms with E-state index >= 15 is 0 Å². The van der Waals surface area contributed by atoms with Crippen LogP contribution in [0.25, 0.3) is 0 Å². The Bertz CT molecular complexity index is 338. The van der Waals surface area contributed by atoms with E-state index in [2.05, 4.69) is 9.78 Å². The molecule has 0 aliphatic carbocycles. The Labute approximate surface area is 79.8 Å². The number of hydrogen-bond donors (Lipinski definition) is 1. The van der Waals surface area contributed by atoms with Crippen molar-refractivity contribution < 1.29 is 24.1 Å². The summed E-state index contributed by atoms with van der Waals surface area (Å²) in [5.74, 6) is -1.87. The Balaban J connectivity index is 2.63. The van der Waals surface area contributed by atoms with Crippen LogP contribution in [0.4, 0.5) is 4.39 Å². The molecule has 1 N–H and O–H groups in total. The maximum absolute atomic E-state index is 12.9. The van der Waals surface area contributed by atoms with Crippen molar-refractivity contribution >= 4 is 5.97 Å². The smallest absolute Gasteiger partial charge is 0.355 e. The van der Waals surface area contributed by atoms with Crippen LogP contribution < -0.4 is 4.89 Å². The number of halogens is 1. The highest BCUT2D eigenvalue weighted by Crippen LogP contribution is 2.21. The van der Waals surface area contributed by atoms with Crippen LogP contribution in [0.1, 0.15) is 13.3 Å². The summed E-state index contributed by atoms with van der Waals surface area (Å²) in [5.41, 5.74) is 0. The maximum atomic E-state index is 12.9. The molecule has 0 heterocycles. The molecule has 0 saturated carbocycles. The number of carbonyl (C=O) groups is 1. The van der Waals surface area contributed by atoms with Gasteiger partial charge in [-0.1, -0.05) is 6.92 Å². The van der Waals surface area contributed by atoms with E-state index in [1.165, 1.54) is 6.07 Å². The second kappa shape index (κ2) is 4.45. The zero-order valence-corrected chi connectivity index (χ0v) is 7.49. The van der Waals surface area contributed by atoms with Crippen LogP contribution in [0.5, 0.6) is 11.5 Å². The minimum absolute atomic E-state index is 0.139. The van der Waals surface area contributed by atoms with Gasteiger partial charge in [-0.25, -0.2) is 9.18 Å². The Morgan fingerprint density at radius 1 is 1.57 bits per heavy atom. The minimum Gasteiger partial charge on any atom is -0.508 e. The fourth-order valence-electron chi connectivity index (χ4n) is 0.708. The molecular formula is C9H9FO4. The lowest BCUT2D eigenvalue weighted by molar-refractivity contribution is -0.214. The van der Waals surface area contributed by atoms with Crippen molar-refractivity contribution in [3.05, 3.63) is 24.0 Å². The van der Waals surface area contributed by atoms with Gasteiger partial charge < -0.3 is 5.11 Å². The topological polar surface area (TPSA) is 55.8 Å². The average molecular weight is 200 g/mol. The number of aromatic hydroxyl groups is 1. The van der Waals surface area contributed by atoms with E-state index in [1.54, 1.807) is 6.92 Å². The number of rotatable bonds is 3. The fourth-order valence-corrected chi connectivity index (χ4v) is 0.708. The van der Waals surface area contributed by atoms with Gasteiger partial charge in [0.2, 0.25) is 5.75 Å². The first-order valence-electron chi connectivity index (χ1n) is 3.99. The van der Waals surface area contributed by atoms with Gasteiger partial charge in [-0.15, -0.1) is 0 Å². The lowest BCUT2D eigenvalue weighted by Gasteiger charge is -2.03. The number of benzene rings is 1. The normalized spacial score (nSPS) is 9.57. The molecule has 0 atom stereocenters. The van der Waals surface area contributed by atoms with E-state index in [-0.39, 0.29) is 17.9 Å². The van der Waals surface area contributed by atoms with Gasteiger partial charge >= 0.3 is 5.97 Å². The molecule has 1 aromatic rings. The Morgan fingerprint density at radius 3 is 2.86 bits per heavy atom. The number of phenols is 1. The van der Waals surface area contributed by atoms with E-state index in [0.717, 1.165) is 12.1 Å². The highest BCUT2D eigenvalue weighted by molar-refractivity contribution is 5.68. The first kappa shape index (κ1) is 10.3. The van der Waals surface area contributed by atoms with E-state index in [9.17, 15) is 9.18 Å². The quantitative estimate of drug-likeness (QED) is 0.596. The summed E-state index contributed by atoms with van der Waals surface area (Å²) in [7, 11) is 0. The van der Waals surface area contributed by atoms with Crippen molar-refractivity contribution in [1.29, 1.82) is 0 Å². The predicted molar refractivity (Wildman–Crippen MR) is 45.1 cm³/mol. The third kappa shape index (κ3) is 2.62. The highest BCUT2D eigenvalue weighted by atomic mass is 19.1. The summed E-state index contributed by atoms with van der Waals surface area (Å²) in [6.07, 6.45) is 0.139. The molecule has 0 aliphatic heterocycles. The van der Waals surface area contributed by atoms with Gasteiger partial charge in [0.15, 0.2) is 5.82 Å². The van der Waals surface area contributed by atoms with Crippen LogP contribution in [0, 0.1) is 5.82 Å². The van der Waals surface area contributed by atoms with Crippen molar-refractivity contribution in [2.45, 2.75) is 13.3 Å². The van der Waals surface area contributed by atoms with Crippen molar-refractivity contribution in [1.82, 2.24) is 0 Å². The second-order valence-corrected chi connectivity index (χ2v) is 2.51. The molecule has 0 saturated heterocycles. The molecule has 4 nitrogen and oxygen atoms in total. The molecule has 0 radical (unpaired) electrons. The number of hydrogen-bond acceptors (Lipinski definition) is 4. The third-order valence-electron chi connectivity index (χ3n) is 1.43. The summed E-state index contributed by atoms with van der Waals surface area (Å²) in [5, 5.41) is 8.86. The summed E-state index contributed by atoms with van der Waals surface area (Å²) in [4.78, 5) is 19.3. The summed E-state index contributed by atoms with van der Waals surface area (Å²) < 4.78 is 12.9. The molecule has 0 aliphatic rings. The standard InChI is InChI=1S/C9H9FO4/c1-2-9(12)14-13-8-4-3-6(11)5-7(8)10/h3-5,11H,2H2,1H3. The lowest BCUT2D eigenvalue weighted by Crippen LogP contribution is -2.06. The van der Waals surface area contributed by atoms with Gasteiger partial charge in [-0.3, -0.25) is 9.78 Å². The maximum Gasteiger partial charge on any atom is 0.355 e. The van der Waals surface area contributed by atoms with Gasteiger partial charge in [-0.05, 0) is 12.1 Å². The van der Waals surface area contributed by atoms with Crippen LogP contribution >= 0.6 is 0 Å². The monoisotopic (exact) mass is 200 g/mol. The molecule has 5 heteroatoms. The molecule has 0 unspecified atom stereocenters. The van der Waals surface area contributed by atoms with Crippen LogP contribution in [0.3, 0.4) is 0 Å². The molecule has 76 valence electrons. The lowest BCUT2D eigenvalue weighted by atomic mass is 10.3. The highest BCUT2D eigenvalue weighted by Gasteiger charge is 2.07. The van der Waals surface area contributed by atoms with Gasteiger partial charge in [0.05, 0.1) is 0 Å². The Hall–Kier alpha value is -1.78. The SMILES string of the molecule is CCC(=O)OOc1ccc(O)cc1F. The number of phenolic OH excluding ortho intramolecular Hbond substituents is 1. The molecule has 0 amide bonds. The van der Waals surface area contributed by atoms with E-state index in [0.29, 0.717) is 0 Å². The Morgan fingerprint density at radius 2 is 2.29 bits per heavy atom. The van der Waals surface area contributed by atoms with E-state index < -0.39 is 11.8 Å². The van der Waals surface area contributed by atoms with Crippen molar-refractivity contribution in [3.8, 4) is 11.5 Å². The first-order valence-corrected chi connectivity index (χ1v) is 3.99. The third-order valence-corrected chi connectivity index (χ3v) is 1.43. The van der Waals surface area contributed by atoms with Gasteiger partial charge in [0.25, 0.3) is 0 Å². The van der Waals surface area contributed by atoms with Crippen LogP contribution in [0.2, 0.25) is 0 Å². The van der Waals surface area contributed by atoms with Crippen molar-refractivity contribution in [2.24, 2.45) is 0 Å². The minimum atomic E-state index is -0.797. The largest absolute Gasteiger partial charge is 0.508 e. The van der Waals surface area contributed by atoms with Gasteiger partial charge in [0.1, 0.15) is 5.75 Å². The summed E-state index contributed by atoms with van der Waals surface area (Å²) in [6.45, 7) is 1.58. The van der Waals surface area contributed by atoms with E-state index in [1.807, 2.05) is 0 Å². The second-order valence-electron chi connectivity index (χ2n) is 2.51. The molecule has 0 fully saturated rings. The zero-order chi connectivity index (χ0) is 10.6. The van der Waals surface area contributed by atoms with Gasteiger partial charge in [0, 0.05) is 12.5 Å². The van der Waals surface area contributed by atoms with Crippen LogP contribution in [-0.2, 0) is 9.68 Å². The molecule has 14 heavy (non-hydrogen) atoms. The van der Waals surface area contributed by atoms with Crippen LogP contribution in [0.15, 0.2) is 18.2 Å². The molecule has 1 aromatic carbocycles. The number of carbonyl (C=O) groups excluding carboxylic acids is 1. The molecular weight excluding hydrogens is 191 g/mol. The van der Waals surface area contributed by atoms with Gasteiger partial charge in [-0.2, -0.15) is 0 Å². The molecule has 1 rings (SSSR count). The van der Waals surface area contributed by atoms with Crippen molar-refractivity contribution in [2.75, 3.05) is 0 Å². The first-order chi connectivity index (χ1) is 6.63. The summed E-state index contributed by atoms with van der Waals surface area (Å²) in [6, 6.07) is 3.24. The molecule has 0 spiro atoms. The Kier molecular flexibility index (Phi) is 3.28. The van der Waals surface area contributed by atoms with E-state index in [4.69, 9.17) is 5.11 Å². The molecule has 0 aromatic heterocycles. The van der Waals surface area contributed by atoms with Crippen molar-refractivity contribution in [3.63, 3.8) is 0 Å². The zero-order valence-electron chi connectivity index (χ0n) is 7.49. The van der Waals surface area contributed by atoms with Crippen LogP contribution in [-0.4, -0.2) is 11.1 Å². The summed E-state index contributed by atoms with van der Waals surface area (Å²) >= 11 is 0. The predicted octanol–water partition coefficient (Wildman–Crippen LogP) is 1.78.